The van der Waals surface area contributed by atoms with Crippen LogP contribution in [-0.2, 0) is 20.7 Å². The fraction of sp³-hybridized carbons (Fsp3) is 0.556. The summed E-state index contributed by atoms with van der Waals surface area (Å²) in [4.78, 5) is 23.5. The minimum absolute atomic E-state index is 0.123. The maximum Gasteiger partial charge on any atom is 0.407 e. The van der Waals surface area contributed by atoms with Crippen LogP contribution in [0.15, 0.2) is 30.3 Å². The van der Waals surface area contributed by atoms with E-state index in [1.807, 2.05) is 51.1 Å². The predicted molar refractivity (Wildman–Crippen MR) is 97.3 cm³/mol. The Morgan fingerprint density at radius 1 is 1.21 bits per heavy atom. The van der Waals surface area contributed by atoms with E-state index in [0.717, 1.165) is 5.56 Å². The molecule has 0 spiro atoms. The van der Waals surface area contributed by atoms with Gasteiger partial charge in [0, 0.05) is 11.8 Å². The highest BCUT2D eigenvalue weighted by Crippen LogP contribution is 2.12. The molecule has 0 aliphatic rings. The molecule has 1 atom stereocenters. The van der Waals surface area contributed by atoms with Crippen LogP contribution in [-0.4, -0.2) is 41.8 Å². The summed E-state index contributed by atoms with van der Waals surface area (Å²) in [5, 5.41) is 2.89. The molecule has 0 aliphatic carbocycles. The molecule has 0 saturated heterocycles. The first-order valence-corrected chi connectivity index (χ1v) is 9.22. The molecule has 1 rings (SSSR count). The molecule has 1 amide bonds. The molecule has 0 aromatic heterocycles. The molecule has 0 radical (unpaired) electrons. The lowest BCUT2D eigenvalue weighted by atomic mass is 10.1. The van der Waals surface area contributed by atoms with Crippen molar-refractivity contribution >= 4 is 23.8 Å². The van der Waals surface area contributed by atoms with Gasteiger partial charge in [-0.25, -0.2) is 4.79 Å². The van der Waals surface area contributed by atoms with Gasteiger partial charge in [0.05, 0.1) is 12.4 Å². The number of carbonyl (C=O) groups excluding carboxylic acids is 2. The highest BCUT2D eigenvalue weighted by Gasteiger charge is 2.20. The maximum absolute atomic E-state index is 12.0. The Labute approximate surface area is 148 Å². The number of esters is 1. The van der Waals surface area contributed by atoms with Crippen LogP contribution in [0.3, 0.4) is 0 Å². The van der Waals surface area contributed by atoms with Crippen LogP contribution in [0, 0.1) is 0 Å². The van der Waals surface area contributed by atoms with E-state index in [9.17, 15) is 9.59 Å². The van der Waals surface area contributed by atoms with Gasteiger partial charge in [-0.3, -0.25) is 4.79 Å². The van der Waals surface area contributed by atoms with Crippen molar-refractivity contribution in [1.82, 2.24) is 5.32 Å². The second kappa shape index (κ2) is 10.2. The van der Waals surface area contributed by atoms with Crippen LogP contribution >= 0.6 is 11.8 Å². The van der Waals surface area contributed by atoms with E-state index in [-0.39, 0.29) is 17.8 Å². The minimum Gasteiger partial charge on any atom is -0.465 e. The number of nitrogens with one attached hydrogen (secondary N) is 1. The van der Waals surface area contributed by atoms with E-state index in [1.54, 1.807) is 6.92 Å². The molecule has 6 heteroatoms. The third kappa shape index (κ3) is 9.45. The molecule has 5 nitrogen and oxygen atoms in total. The van der Waals surface area contributed by atoms with Gasteiger partial charge in [0.25, 0.3) is 0 Å². The Balaban J connectivity index is 2.58. The Morgan fingerprint density at radius 3 is 2.46 bits per heavy atom. The first-order chi connectivity index (χ1) is 11.3. The number of ether oxygens (including phenoxy) is 2. The molecule has 1 aromatic rings. The molecule has 24 heavy (non-hydrogen) atoms. The Bertz CT molecular complexity index is 514. The Kier molecular flexibility index (Phi) is 8.68. The monoisotopic (exact) mass is 353 g/mol. The van der Waals surface area contributed by atoms with Crippen LogP contribution < -0.4 is 5.32 Å². The third-order valence-corrected chi connectivity index (χ3v) is 3.97. The van der Waals surface area contributed by atoms with Crippen molar-refractivity contribution in [2.75, 3.05) is 18.1 Å². The van der Waals surface area contributed by atoms with Gasteiger partial charge in [-0.15, -0.1) is 11.8 Å². The van der Waals surface area contributed by atoms with Crippen LogP contribution in [0.5, 0.6) is 0 Å². The zero-order valence-corrected chi connectivity index (χ0v) is 15.7. The quantitative estimate of drug-likeness (QED) is 0.726. The van der Waals surface area contributed by atoms with Gasteiger partial charge in [0.2, 0.25) is 0 Å². The van der Waals surface area contributed by atoms with Crippen molar-refractivity contribution in [3.8, 4) is 0 Å². The first kappa shape index (κ1) is 20.4. The molecule has 1 unspecified atom stereocenters. The van der Waals surface area contributed by atoms with Crippen molar-refractivity contribution in [3.05, 3.63) is 35.9 Å². The summed E-state index contributed by atoms with van der Waals surface area (Å²) < 4.78 is 10.2. The molecule has 1 N–H and O–H groups in total. The lowest BCUT2D eigenvalue weighted by Gasteiger charge is -2.23. The maximum atomic E-state index is 12.0. The number of benzene rings is 1. The molecule has 0 heterocycles. The Hall–Kier alpha value is -1.69. The predicted octanol–water partition coefficient (Wildman–Crippen LogP) is 3.42. The number of hydrogen-bond acceptors (Lipinski definition) is 5. The molecular weight excluding hydrogens is 326 g/mol. The summed E-state index contributed by atoms with van der Waals surface area (Å²) in [6, 6.07) is 9.79. The average molecular weight is 353 g/mol. The van der Waals surface area contributed by atoms with Crippen LogP contribution in [0.1, 0.15) is 33.3 Å². The molecule has 0 bridgehead atoms. The van der Waals surface area contributed by atoms with Crippen molar-refractivity contribution in [2.24, 2.45) is 0 Å². The molecule has 0 aliphatic heterocycles. The second-order valence-corrected chi connectivity index (χ2v) is 7.38. The van der Waals surface area contributed by atoms with Gasteiger partial charge < -0.3 is 14.8 Å². The van der Waals surface area contributed by atoms with E-state index in [4.69, 9.17) is 9.47 Å². The summed E-state index contributed by atoms with van der Waals surface area (Å²) in [5.41, 5.74) is 0.578. The smallest absolute Gasteiger partial charge is 0.407 e. The number of carbonyl (C=O) groups is 2. The summed E-state index contributed by atoms with van der Waals surface area (Å²) in [6.07, 6.45) is 0.232. The second-order valence-electron chi connectivity index (χ2n) is 6.35. The van der Waals surface area contributed by atoms with Gasteiger partial charge in [-0.05, 0) is 39.7 Å². The van der Waals surface area contributed by atoms with Crippen molar-refractivity contribution in [2.45, 2.75) is 45.8 Å². The molecular formula is C18H27NO4S. The SMILES string of the molecule is CCOC(=O)CSCC(Cc1ccccc1)NC(=O)OC(C)(C)C. The number of thioether (sulfide) groups is 1. The van der Waals surface area contributed by atoms with E-state index in [2.05, 4.69) is 5.32 Å². The summed E-state index contributed by atoms with van der Waals surface area (Å²) >= 11 is 1.44. The Morgan fingerprint density at radius 2 is 1.88 bits per heavy atom. The van der Waals surface area contributed by atoms with E-state index >= 15 is 0 Å². The standard InChI is InChI=1S/C18H27NO4S/c1-5-22-16(20)13-24-12-15(11-14-9-7-6-8-10-14)19-17(21)23-18(2,3)4/h6-10,15H,5,11-13H2,1-4H3,(H,19,21). The highest BCUT2D eigenvalue weighted by atomic mass is 32.2. The van der Waals surface area contributed by atoms with E-state index in [0.29, 0.717) is 18.8 Å². The normalized spacial score (nSPS) is 12.3. The van der Waals surface area contributed by atoms with Gasteiger partial charge >= 0.3 is 12.1 Å². The third-order valence-electron chi connectivity index (χ3n) is 2.89. The van der Waals surface area contributed by atoms with Crippen molar-refractivity contribution in [1.29, 1.82) is 0 Å². The van der Waals surface area contributed by atoms with Crippen molar-refractivity contribution in [3.63, 3.8) is 0 Å². The molecule has 1 aromatic carbocycles. The largest absolute Gasteiger partial charge is 0.465 e. The van der Waals surface area contributed by atoms with Gasteiger partial charge in [-0.2, -0.15) is 0 Å². The van der Waals surface area contributed by atoms with Gasteiger partial charge in [0.1, 0.15) is 5.60 Å². The lowest BCUT2D eigenvalue weighted by molar-refractivity contribution is -0.139. The minimum atomic E-state index is -0.542. The topological polar surface area (TPSA) is 64.6 Å². The van der Waals surface area contributed by atoms with Crippen LogP contribution in [0.2, 0.25) is 0 Å². The lowest BCUT2D eigenvalue weighted by Crippen LogP contribution is -2.41. The zero-order valence-electron chi connectivity index (χ0n) is 14.8. The van der Waals surface area contributed by atoms with E-state index in [1.165, 1.54) is 11.8 Å². The first-order valence-electron chi connectivity index (χ1n) is 8.07. The summed E-state index contributed by atoms with van der Waals surface area (Å²) in [6.45, 7) is 7.64. The summed E-state index contributed by atoms with van der Waals surface area (Å²) in [7, 11) is 0. The van der Waals surface area contributed by atoms with E-state index < -0.39 is 11.7 Å². The number of amides is 1. The van der Waals surface area contributed by atoms with Gasteiger partial charge in [0.15, 0.2) is 0 Å². The zero-order chi connectivity index (χ0) is 18.0. The number of hydrogen-bond donors (Lipinski definition) is 1. The van der Waals surface area contributed by atoms with Crippen LogP contribution in [0.25, 0.3) is 0 Å². The highest BCUT2D eigenvalue weighted by molar-refractivity contribution is 7.99. The van der Waals surface area contributed by atoms with Crippen molar-refractivity contribution < 1.29 is 19.1 Å². The fourth-order valence-electron chi connectivity index (χ4n) is 2.01. The van der Waals surface area contributed by atoms with Crippen LogP contribution in [0.4, 0.5) is 4.79 Å². The molecule has 0 saturated carbocycles. The number of alkyl carbamates (subject to hydrolysis) is 1. The summed E-state index contributed by atoms with van der Waals surface area (Å²) in [5.74, 6) is 0.639. The average Bonchev–Trinajstić information content (AvgIpc) is 2.46. The molecule has 0 fully saturated rings. The van der Waals surface area contributed by atoms with Gasteiger partial charge in [-0.1, -0.05) is 30.3 Å². The number of rotatable bonds is 8. The molecule has 134 valence electrons. The fourth-order valence-corrected chi connectivity index (χ4v) is 2.87.